The van der Waals surface area contributed by atoms with Crippen LogP contribution in [0.15, 0.2) is 60.9 Å². The Morgan fingerprint density at radius 1 is 0.825 bits per heavy atom. The van der Waals surface area contributed by atoms with Crippen LogP contribution in [0.4, 0.5) is 36.4 Å². The minimum Gasteiger partial charge on any atom is -0.365 e. The maximum absolute atomic E-state index is 13.1. The summed E-state index contributed by atoms with van der Waals surface area (Å²) in [6, 6.07) is 10.8. The van der Waals surface area contributed by atoms with Gasteiger partial charge < -0.3 is 11.1 Å². The normalized spacial score (nSPS) is 11.4. The van der Waals surface area contributed by atoms with Crippen molar-refractivity contribution in [1.29, 1.82) is 0 Å². The molecule has 0 aliphatic rings. The van der Waals surface area contributed by atoms with Crippen molar-refractivity contribution in [3.8, 4) is 11.1 Å². The highest BCUT2D eigenvalue weighted by Gasteiger charge is 2.30. The maximum atomic E-state index is 13.1. The van der Waals surface area contributed by atoms with Crippen LogP contribution in [-0.4, -0.2) is 31.4 Å². The number of primary amides is 1. The fourth-order valence-corrected chi connectivity index (χ4v) is 3.57. The number of para-hydroxylation sites is 1. The summed E-state index contributed by atoms with van der Waals surface area (Å²) < 4.78 is 90.8. The van der Waals surface area contributed by atoms with Gasteiger partial charge in [-0.05, 0) is 23.8 Å². The molecule has 0 aliphatic heterocycles. The number of aryl methyl sites for hydroxylation is 2. The summed E-state index contributed by atoms with van der Waals surface area (Å²) in [4.78, 5) is 23.1. The number of carbonyl (C=O) groups excluding carboxylic acids is 2. The fraction of sp³-hybridized carbons (Fsp3) is 0.200. The molecule has 212 valence electrons. The summed E-state index contributed by atoms with van der Waals surface area (Å²) in [5.74, 6) is -1.68. The van der Waals surface area contributed by atoms with Crippen molar-refractivity contribution in [2.24, 2.45) is 19.8 Å². The van der Waals surface area contributed by atoms with Gasteiger partial charge in [-0.1, -0.05) is 30.3 Å². The highest BCUT2D eigenvalue weighted by Crippen LogP contribution is 2.33. The molecule has 0 saturated carbocycles. The zero-order chi connectivity index (χ0) is 29.8. The van der Waals surface area contributed by atoms with Crippen LogP contribution >= 0.6 is 0 Å². The third kappa shape index (κ3) is 7.03. The molecule has 0 radical (unpaired) electrons. The van der Waals surface area contributed by atoms with E-state index in [1.165, 1.54) is 44.7 Å². The third-order valence-corrected chi connectivity index (χ3v) is 5.34. The van der Waals surface area contributed by atoms with Gasteiger partial charge in [-0.2, -0.15) is 23.4 Å². The molecule has 0 atom stereocenters. The molecule has 0 unspecified atom stereocenters. The van der Waals surface area contributed by atoms with Crippen molar-refractivity contribution in [2.45, 2.75) is 19.0 Å². The average Bonchev–Trinajstić information content (AvgIpc) is 3.48. The van der Waals surface area contributed by atoms with Crippen LogP contribution in [0.1, 0.15) is 50.5 Å². The summed E-state index contributed by atoms with van der Waals surface area (Å²) in [6.07, 6.45) is -7.81. The molecule has 0 fully saturated rings. The molecule has 2 aromatic heterocycles. The van der Waals surface area contributed by atoms with E-state index < -0.39 is 47.8 Å². The lowest BCUT2D eigenvalue weighted by atomic mass is 10.0. The molecule has 0 bridgehead atoms. The number of halogens is 7. The number of hydrogen-bond acceptors (Lipinski definition) is 4. The van der Waals surface area contributed by atoms with Crippen molar-refractivity contribution < 1.29 is 40.3 Å². The van der Waals surface area contributed by atoms with Gasteiger partial charge in [0.1, 0.15) is 11.4 Å². The summed E-state index contributed by atoms with van der Waals surface area (Å²) in [7, 11) is 2.86. The summed E-state index contributed by atoms with van der Waals surface area (Å²) in [6.45, 7) is 0. The molecule has 40 heavy (non-hydrogen) atoms. The lowest BCUT2D eigenvalue weighted by molar-refractivity contribution is -0.137. The molecule has 4 aromatic rings. The van der Waals surface area contributed by atoms with E-state index >= 15 is 0 Å². The quantitative estimate of drug-likeness (QED) is 0.288. The predicted molar refractivity (Wildman–Crippen MR) is 130 cm³/mol. The predicted octanol–water partition coefficient (Wildman–Crippen LogP) is 5.75. The van der Waals surface area contributed by atoms with Gasteiger partial charge in [-0.25, -0.2) is 17.6 Å². The standard InChI is InChI=1S/C19H14F5N3O.C6H7F2N3O/c1-27-10-14(16(26-27)17(20)21)18(28)25-15-5-3-2-4-13(15)11-6-8-12(9-7-11)19(22,23)24;1-11-2-3(6(9)12)4(10-11)5(7)8/h2-10,17H,1H3,(H,25,28);2,5H,1H3,(H2,9,12). The maximum Gasteiger partial charge on any atom is 0.416 e. The number of hydrogen-bond donors (Lipinski definition) is 2. The number of carbonyl (C=O) groups is 2. The molecule has 4 rings (SSSR count). The fourth-order valence-electron chi connectivity index (χ4n) is 3.57. The van der Waals surface area contributed by atoms with Crippen molar-refractivity contribution >= 4 is 17.5 Å². The van der Waals surface area contributed by atoms with Crippen LogP contribution in [0.25, 0.3) is 11.1 Å². The van der Waals surface area contributed by atoms with E-state index in [1.54, 1.807) is 18.2 Å². The van der Waals surface area contributed by atoms with E-state index in [0.29, 0.717) is 11.1 Å². The molecular weight excluding hydrogens is 549 g/mol. The first-order valence-electron chi connectivity index (χ1n) is 11.2. The molecule has 3 N–H and O–H groups in total. The van der Waals surface area contributed by atoms with Gasteiger partial charge in [-0.3, -0.25) is 19.0 Å². The van der Waals surface area contributed by atoms with Crippen LogP contribution in [0.5, 0.6) is 0 Å². The Bertz CT molecular complexity index is 1490. The van der Waals surface area contributed by atoms with E-state index in [-0.39, 0.29) is 16.8 Å². The van der Waals surface area contributed by atoms with Crippen LogP contribution < -0.4 is 11.1 Å². The van der Waals surface area contributed by atoms with Crippen molar-refractivity contribution in [2.75, 3.05) is 5.32 Å². The SMILES string of the molecule is Cn1cc(C(=O)Nc2ccccc2-c2ccc(C(F)(F)F)cc2)c(C(F)F)n1.Cn1cc(C(N)=O)c(C(F)F)n1. The number of alkyl halides is 7. The number of benzene rings is 2. The highest BCUT2D eigenvalue weighted by atomic mass is 19.4. The van der Waals surface area contributed by atoms with Gasteiger partial charge in [0.2, 0.25) is 0 Å². The smallest absolute Gasteiger partial charge is 0.365 e. The number of anilines is 1. The monoisotopic (exact) mass is 570 g/mol. The molecule has 2 heterocycles. The first-order valence-corrected chi connectivity index (χ1v) is 11.2. The third-order valence-electron chi connectivity index (χ3n) is 5.34. The Hall–Kier alpha value is -4.69. The number of nitrogens with one attached hydrogen (secondary N) is 1. The van der Waals surface area contributed by atoms with Gasteiger partial charge in [0, 0.05) is 37.7 Å². The average molecular weight is 570 g/mol. The Balaban J connectivity index is 0.000000307. The highest BCUT2D eigenvalue weighted by molar-refractivity contribution is 6.07. The first-order chi connectivity index (χ1) is 18.7. The van der Waals surface area contributed by atoms with E-state index in [4.69, 9.17) is 5.73 Å². The van der Waals surface area contributed by atoms with Crippen molar-refractivity contribution in [1.82, 2.24) is 19.6 Å². The van der Waals surface area contributed by atoms with Crippen molar-refractivity contribution in [3.63, 3.8) is 0 Å². The molecule has 2 amide bonds. The van der Waals surface area contributed by atoms with Gasteiger partial charge >= 0.3 is 6.18 Å². The lowest BCUT2D eigenvalue weighted by Gasteiger charge is -2.12. The van der Waals surface area contributed by atoms with Gasteiger partial charge in [-0.15, -0.1) is 0 Å². The largest absolute Gasteiger partial charge is 0.416 e. The Morgan fingerprint density at radius 3 is 1.80 bits per heavy atom. The van der Waals surface area contributed by atoms with Crippen LogP contribution in [0.3, 0.4) is 0 Å². The van der Waals surface area contributed by atoms with Gasteiger partial charge in [0.15, 0.2) is 0 Å². The number of amides is 2. The summed E-state index contributed by atoms with van der Waals surface area (Å²) >= 11 is 0. The minimum absolute atomic E-state index is 0.229. The van der Waals surface area contributed by atoms with Gasteiger partial charge in [0.05, 0.1) is 16.7 Å². The van der Waals surface area contributed by atoms with E-state index in [9.17, 15) is 40.3 Å². The molecular formula is C25H21F7N6O2. The number of nitrogens with two attached hydrogens (primary N) is 1. The zero-order valence-electron chi connectivity index (χ0n) is 20.8. The molecule has 8 nitrogen and oxygen atoms in total. The van der Waals surface area contributed by atoms with E-state index in [1.807, 2.05) is 0 Å². The molecule has 2 aromatic carbocycles. The molecule has 0 aliphatic carbocycles. The van der Waals surface area contributed by atoms with Crippen LogP contribution in [0, 0.1) is 0 Å². The Labute approximate surface area is 222 Å². The Kier molecular flexibility index (Phi) is 8.96. The summed E-state index contributed by atoms with van der Waals surface area (Å²) in [5.41, 5.74) is 3.48. The number of aromatic nitrogens is 4. The van der Waals surface area contributed by atoms with E-state index in [2.05, 4.69) is 15.5 Å². The van der Waals surface area contributed by atoms with Gasteiger partial charge in [0.25, 0.3) is 24.7 Å². The number of nitrogens with zero attached hydrogens (tertiary/aromatic N) is 4. The minimum atomic E-state index is -4.46. The number of rotatable bonds is 6. The topological polar surface area (TPSA) is 108 Å². The molecule has 0 saturated heterocycles. The van der Waals surface area contributed by atoms with E-state index in [0.717, 1.165) is 21.5 Å². The van der Waals surface area contributed by atoms with Crippen molar-refractivity contribution in [3.05, 3.63) is 89.0 Å². The Morgan fingerprint density at radius 2 is 1.32 bits per heavy atom. The zero-order valence-corrected chi connectivity index (χ0v) is 20.8. The first kappa shape index (κ1) is 29.9. The lowest BCUT2D eigenvalue weighted by Crippen LogP contribution is -2.14. The van der Waals surface area contributed by atoms with Crippen LogP contribution in [0.2, 0.25) is 0 Å². The second kappa shape index (κ2) is 12.0. The summed E-state index contributed by atoms with van der Waals surface area (Å²) in [5, 5.41) is 9.51. The molecule has 0 spiro atoms. The second-order valence-electron chi connectivity index (χ2n) is 8.24. The van der Waals surface area contributed by atoms with Crippen LogP contribution in [-0.2, 0) is 20.3 Å². The molecule has 15 heteroatoms. The second-order valence-corrected chi connectivity index (χ2v) is 8.24.